The lowest BCUT2D eigenvalue weighted by Crippen LogP contribution is -2.24. The van der Waals surface area contributed by atoms with Gasteiger partial charge in [-0.1, -0.05) is 6.07 Å². The van der Waals surface area contributed by atoms with Crippen molar-refractivity contribution in [2.75, 3.05) is 7.11 Å². The molecule has 0 aromatic heterocycles. The molecule has 0 saturated heterocycles. The fourth-order valence-corrected chi connectivity index (χ4v) is 3.34. The van der Waals surface area contributed by atoms with Crippen LogP contribution in [-0.2, 0) is 14.6 Å². The summed E-state index contributed by atoms with van der Waals surface area (Å²) in [6.07, 6.45) is 1.37. The number of aldehydes is 1. The Kier molecular flexibility index (Phi) is 2.50. The summed E-state index contributed by atoms with van der Waals surface area (Å²) >= 11 is 0. The van der Waals surface area contributed by atoms with E-state index in [2.05, 4.69) is 0 Å². The lowest BCUT2D eigenvalue weighted by atomic mass is 10.3. The lowest BCUT2D eigenvalue weighted by Gasteiger charge is -2.10. The van der Waals surface area contributed by atoms with Crippen molar-refractivity contribution in [2.24, 2.45) is 0 Å². The molecule has 0 spiro atoms. The van der Waals surface area contributed by atoms with Gasteiger partial charge in [-0.2, -0.15) is 0 Å². The molecule has 0 atom stereocenters. The van der Waals surface area contributed by atoms with Crippen molar-refractivity contribution in [1.82, 2.24) is 0 Å². The second-order valence-electron chi connectivity index (χ2n) is 3.87. The summed E-state index contributed by atoms with van der Waals surface area (Å²) in [5, 5.41) is 0. The average molecular weight is 240 g/mol. The Morgan fingerprint density at radius 1 is 1.38 bits per heavy atom. The third-order valence-electron chi connectivity index (χ3n) is 2.84. The molecule has 1 aliphatic carbocycles. The third-order valence-corrected chi connectivity index (χ3v) is 5.29. The molecule has 4 nitrogen and oxygen atoms in total. The van der Waals surface area contributed by atoms with Gasteiger partial charge in [0.1, 0.15) is 16.8 Å². The van der Waals surface area contributed by atoms with E-state index < -0.39 is 14.6 Å². The first kappa shape index (κ1) is 11.1. The maximum Gasteiger partial charge on any atom is 0.191 e. The number of sulfone groups is 1. The van der Waals surface area contributed by atoms with Gasteiger partial charge in [-0.05, 0) is 31.0 Å². The van der Waals surface area contributed by atoms with Gasteiger partial charge in [0, 0.05) is 0 Å². The van der Waals surface area contributed by atoms with Gasteiger partial charge in [0.15, 0.2) is 9.84 Å². The summed E-state index contributed by atoms with van der Waals surface area (Å²) in [4.78, 5) is 11.0. The molecule has 86 valence electrons. The number of hydrogen-bond donors (Lipinski definition) is 0. The summed E-state index contributed by atoms with van der Waals surface area (Å²) in [6.45, 7) is 0. The minimum atomic E-state index is -3.56. The van der Waals surface area contributed by atoms with E-state index in [1.54, 1.807) is 12.1 Å². The molecule has 1 aromatic carbocycles. The lowest BCUT2D eigenvalue weighted by molar-refractivity contribution is -0.108. The highest BCUT2D eigenvalue weighted by molar-refractivity contribution is 7.93. The van der Waals surface area contributed by atoms with Gasteiger partial charge in [-0.15, -0.1) is 0 Å². The van der Waals surface area contributed by atoms with Crippen LogP contribution < -0.4 is 4.74 Å². The van der Waals surface area contributed by atoms with Crippen molar-refractivity contribution < 1.29 is 17.9 Å². The summed E-state index contributed by atoms with van der Waals surface area (Å²) < 4.78 is 28.0. The Balaban J connectivity index is 2.48. The predicted octanol–water partition coefficient (Wildman–Crippen LogP) is 1.20. The highest BCUT2D eigenvalue weighted by Crippen LogP contribution is 2.45. The van der Waals surface area contributed by atoms with Crippen LogP contribution in [0, 0.1) is 0 Å². The van der Waals surface area contributed by atoms with E-state index in [1.807, 2.05) is 0 Å². The Hall–Kier alpha value is -1.36. The first-order valence-electron chi connectivity index (χ1n) is 4.91. The molecular weight excluding hydrogens is 228 g/mol. The second kappa shape index (κ2) is 3.59. The largest absolute Gasteiger partial charge is 0.497 e. The first-order chi connectivity index (χ1) is 7.55. The Morgan fingerprint density at radius 3 is 2.56 bits per heavy atom. The molecule has 0 heterocycles. The second-order valence-corrected chi connectivity index (χ2v) is 6.16. The zero-order valence-electron chi connectivity index (χ0n) is 8.84. The van der Waals surface area contributed by atoms with Crippen LogP contribution in [0.15, 0.2) is 29.2 Å². The monoisotopic (exact) mass is 240 g/mol. The molecule has 1 fully saturated rings. The van der Waals surface area contributed by atoms with Crippen molar-refractivity contribution in [3.8, 4) is 5.75 Å². The standard InChI is InChI=1S/C11H12O4S/c1-15-9-3-2-4-10(7-9)16(13,14)11(8-12)5-6-11/h2-4,7-8H,5-6H2,1H3. The van der Waals surface area contributed by atoms with Gasteiger partial charge in [0.05, 0.1) is 12.0 Å². The Morgan fingerprint density at radius 2 is 2.06 bits per heavy atom. The molecule has 0 radical (unpaired) electrons. The van der Waals surface area contributed by atoms with E-state index in [1.165, 1.54) is 19.2 Å². The van der Waals surface area contributed by atoms with Gasteiger partial charge in [-0.25, -0.2) is 8.42 Å². The van der Waals surface area contributed by atoms with Crippen molar-refractivity contribution in [3.05, 3.63) is 24.3 Å². The van der Waals surface area contributed by atoms with Gasteiger partial charge in [-0.3, -0.25) is 0 Å². The smallest absolute Gasteiger partial charge is 0.191 e. The molecule has 1 aliphatic rings. The molecule has 16 heavy (non-hydrogen) atoms. The summed E-state index contributed by atoms with van der Waals surface area (Å²) in [6, 6.07) is 6.20. The van der Waals surface area contributed by atoms with Gasteiger partial charge in [0.25, 0.3) is 0 Å². The number of carbonyl (C=O) groups excluding carboxylic acids is 1. The van der Waals surface area contributed by atoms with Gasteiger partial charge >= 0.3 is 0 Å². The van der Waals surface area contributed by atoms with E-state index >= 15 is 0 Å². The number of hydrogen-bond acceptors (Lipinski definition) is 4. The highest BCUT2D eigenvalue weighted by atomic mass is 32.2. The Bertz CT molecular complexity index is 515. The van der Waals surface area contributed by atoms with Crippen LogP contribution in [0.25, 0.3) is 0 Å². The van der Waals surface area contributed by atoms with Gasteiger partial charge < -0.3 is 9.53 Å². The van der Waals surface area contributed by atoms with Crippen LogP contribution in [0.4, 0.5) is 0 Å². The molecule has 1 saturated carbocycles. The quantitative estimate of drug-likeness (QED) is 0.742. The molecule has 0 amide bonds. The summed E-state index contributed by atoms with van der Waals surface area (Å²) in [5.41, 5.74) is 0. The van der Waals surface area contributed by atoms with Crippen molar-refractivity contribution in [2.45, 2.75) is 22.5 Å². The van der Waals surface area contributed by atoms with Crippen LogP contribution in [-0.4, -0.2) is 26.6 Å². The molecule has 1 aromatic rings. The van der Waals surface area contributed by atoms with Gasteiger partial charge in [0.2, 0.25) is 0 Å². The van der Waals surface area contributed by atoms with Crippen molar-refractivity contribution in [3.63, 3.8) is 0 Å². The van der Waals surface area contributed by atoms with Crippen LogP contribution >= 0.6 is 0 Å². The topological polar surface area (TPSA) is 60.4 Å². The normalized spacial score (nSPS) is 17.8. The molecule has 0 unspecified atom stereocenters. The highest BCUT2D eigenvalue weighted by Gasteiger charge is 2.55. The van der Waals surface area contributed by atoms with Crippen LogP contribution in [0.3, 0.4) is 0 Å². The van der Waals surface area contributed by atoms with E-state index in [4.69, 9.17) is 4.74 Å². The molecular formula is C11H12O4S. The third kappa shape index (κ3) is 1.51. The van der Waals surface area contributed by atoms with Crippen LogP contribution in [0.2, 0.25) is 0 Å². The number of benzene rings is 1. The van der Waals surface area contributed by atoms with E-state index in [0.717, 1.165) is 0 Å². The minimum absolute atomic E-state index is 0.149. The van der Waals surface area contributed by atoms with Crippen LogP contribution in [0.5, 0.6) is 5.75 Å². The molecule has 0 bridgehead atoms. The maximum atomic E-state index is 12.1. The number of carbonyl (C=O) groups is 1. The van der Waals surface area contributed by atoms with E-state index in [9.17, 15) is 13.2 Å². The minimum Gasteiger partial charge on any atom is -0.497 e. The number of rotatable bonds is 4. The van der Waals surface area contributed by atoms with E-state index in [0.29, 0.717) is 24.9 Å². The molecule has 5 heteroatoms. The summed E-state index contributed by atoms with van der Waals surface area (Å²) in [7, 11) is -2.09. The average Bonchev–Trinajstić information content (AvgIpc) is 3.10. The fourth-order valence-electron chi connectivity index (χ4n) is 1.58. The molecule has 0 aliphatic heterocycles. The fraction of sp³-hybridized carbons (Fsp3) is 0.364. The maximum absolute atomic E-state index is 12.1. The van der Waals surface area contributed by atoms with Crippen molar-refractivity contribution in [1.29, 1.82) is 0 Å². The Labute approximate surface area is 94.2 Å². The zero-order valence-corrected chi connectivity index (χ0v) is 9.66. The number of methoxy groups -OCH3 is 1. The number of ether oxygens (including phenoxy) is 1. The van der Waals surface area contributed by atoms with E-state index in [-0.39, 0.29) is 4.90 Å². The summed E-state index contributed by atoms with van der Waals surface area (Å²) in [5.74, 6) is 0.475. The first-order valence-corrected chi connectivity index (χ1v) is 6.39. The molecule has 2 rings (SSSR count). The predicted molar refractivity (Wildman–Crippen MR) is 58.2 cm³/mol. The van der Waals surface area contributed by atoms with Crippen molar-refractivity contribution >= 4 is 16.1 Å². The molecule has 0 N–H and O–H groups in total. The van der Waals surface area contributed by atoms with Crippen LogP contribution in [0.1, 0.15) is 12.8 Å². The SMILES string of the molecule is COc1cccc(S(=O)(=O)C2(C=O)CC2)c1. The zero-order chi connectivity index (χ0) is 11.8.